The standard InChI is InChI=1S/C18H28FN3O3S/c1-13(2)11-17(18(23)22-9-7-21(4)8-10-22)20-26(24,25)15-5-6-16(19)14(3)12-15/h5-6,12-13,17,20H,7-11H2,1-4H3/t17-/m1/s1. The molecule has 1 amide bonds. The molecule has 1 saturated heterocycles. The Morgan fingerprint density at radius 3 is 2.38 bits per heavy atom. The van der Waals surface area contributed by atoms with Gasteiger partial charge in [-0.1, -0.05) is 13.8 Å². The summed E-state index contributed by atoms with van der Waals surface area (Å²) in [5.41, 5.74) is 0.249. The van der Waals surface area contributed by atoms with Gasteiger partial charge >= 0.3 is 0 Å². The van der Waals surface area contributed by atoms with Gasteiger partial charge in [0.15, 0.2) is 0 Å². The number of halogens is 1. The van der Waals surface area contributed by atoms with Crippen LogP contribution in [-0.4, -0.2) is 63.4 Å². The average molecular weight is 386 g/mol. The molecule has 0 aliphatic carbocycles. The molecule has 1 N–H and O–H groups in total. The van der Waals surface area contributed by atoms with Crippen LogP contribution in [0.25, 0.3) is 0 Å². The first kappa shape index (κ1) is 20.8. The fourth-order valence-corrected chi connectivity index (χ4v) is 4.24. The molecule has 26 heavy (non-hydrogen) atoms. The largest absolute Gasteiger partial charge is 0.339 e. The summed E-state index contributed by atoms with van der Waals surface area (Å²) in [4.78, 5) is 16.7. The van der Waals surface area contributed by atoms with Gasteiger partial charge in [0.25, 0.3) is 0 Å². The van der Waals surface area contributed by atoms with E-state index in [-0.39, 0.29) is 22.3 Å². The Kier molecular flexibility index (Phi) is 6.76. The Morgan fingerprint density at radius 2 is 1.85 bits per heavy atom. The van der Waals surface area contributed by atoms with E-state index >= 15 is 0 Å². The maximum Gasteiger partial charge on any atom is 0.241 e. The number of likely N-dealkylation sites (N-methyl/N-ethyl adjacent to an activating group) is 1. The molecule has 1 aliphatic heterocycles. The van der Waals surface area contributed by atoms with Crippen molar-refractivity contribution in [2.45, 2.75) is 38.1 Å². The number of rotatable bonds is 6. The van der Waals surface area contributed by atoms with E-state index in [1.54, 1.807) is 4.90 Å². The molecule has 146 valence electrons. The second-order valence-corrected chi connectivity index (χ2v) is 9.06. The number of amides is 1. The summed E-state index contributed by atoms with van der Waals surface area (Å²) in [6.45, 7) is 8.10. The quantitative estimate of drug-likeness (QED) is 0.808. The lowest BCUT2D eigenvalue weighted by Gasteiger charge is -2.35. The van der Waals surface area contributed by atoms with Crippen LogP contribution in [0.15, 0.2) is 23.1 Å². The summed E-state index contributed by atoms with van der Waals surface area (Å²) < 4.78 is 41.4. The molecule has 0 bridgehead atoms. The molecule has 1 heterocycles. The summed E-state index contributed by atoms with van der Waals surface area (Å²) >= 11 is 0. The third-order valence-corrected chi connectivity index (χ3v) is 6.03. The van der Waals surface area contributed by atoms with Gasteiger partial charge in [0.05, 0.1) is 4.90 Å². The molecule has 0 unspecified atom stereocenters. The predicted octanol–water partition coefficient (Wildman–Crippen LogP) is 1.60. The van der Waals surface area contributed by atoms with Gasteiger partial charge in [-0.2, -0.15) is 4.72 Å². The van der Waals surface area contributed by atoms with Gasteiger partial charge < -0.3 is 9.80 Å². The van der Waals surface area contributed by atoms with Crippen molar-refractivity contribution in [3.8, 4) is 0 Å². The molecule has 1 atom stereocenters. The lowest BCUT2D eigenvalue weighted by Crippen LogP contribution is -2.54. The first-order chi connectivity index (χ1) is 12.1. The SMILES string of the molecule is Cc1cc(S(=O)(=O)N[C@H](CC(C)C)C(=O)N2CCN(C)CC2)ccc1F. The van der Waals surface area contributed by atoms with Crippen LogP contribution in [0.1, 0.15) is 25.8 Å². The zero-order chi connectivity index (χ0) is 19.5. The maximum atomic E-state index is 13.4. The number of carbonyl (C=O) groups excluding carboxylic acids is 1. The monoisotopic (exact) mass is 385 g/mol. The summed E-state index contributed by atoms with van der Waals surface area (Å²) in [6.07, 6.45) is 0.407. The van der Waals surface area contributed by atoms with Gasteiger partial charge in [-0.05, 0) is 50.1 Å². The Morgan fingerprint density at radius 1 is 1.23 bits per heavy atom. The van der Waals surface area contributed by atoms with Crippen LogP contribution in [0.5, 0.6) is 0 Å². The lowest BCUT2D eigenvalue weighted by atomic mass is 10.0. The van der Waals surface area contributed by atoms with Crippen LogP contribution in [0.2, 0.25) is 0 Å². The van der Waals surface area contributed by atoms with Crippen molar-refractivity contribution in [2.24, 2.45) is 5.92 Å². The van der Waals surface area contributed by atoms with Crippen LogP contribution in [0.4, 0.5) is 4.39 Å². The molecule has 0 saturated carbocycles. The van der Waals surface area contributed by atoms with Gasteiger partial charge in [-0.3, -0.25) is 4.79 Å². The Labute approximate surface area is 155 Å². The Hall–Kier alpha value is -1.51. The number of carbonyl (C=O) groups is 1. The van der Waals surface area contributed by atoms with Crippen LogP contribution in [0, 0.1) is 18.7 Å². The third-order valence-electron chi connectivity index (χ3n) is 4.56. The molecule has 0 radical (unpaired) electrons. The van der Waals surface area contributed by atoms with E-state index in [4.69, 9.17) is 0 Å². The topological polar surface area (TPSA) is 69.7 Å². The highest BCUT2D eigenvalue weighted by Gasteiger charge is 2.31. The first-order valence-electron chi connectivity index (χ1n) is 8.86. The van der Waals surface area contributed by atoms with Gasteiger partial charge in [0, 0.05) is 26.2 Å². The second kappa shape index (κ2) is 8.45. The fourth-order valence-electron chi connectivity index (χ4n) is 2.96. The van der Waals surface area contributed by atoms with Crippen molar-refractivity contribution in [1.82, 2.24) is 14.5 Å². The molecule has 6 nitrogen and oxygen atoms in total. The number of nitrogens with one attached hydrogen (secondary N) is 1. The summed E-state index contributed by atoms with van der Waals surface area (Å²) in [5, 5.41) is 0. The molecule has 1 aliphatic rings. The molecule has 0 aromatic heterocycles. The number of hydrogen-bond donors (Lipinski definition) is 1. The number of nitrogens with zero attached hydrogens (tertiary/aromatic N) is 2. The van der Waals surface area contributed by atoms with E-state index in [2.05, 4.69) is 9.62 Å². The third kappa shape index (κ3) is 5.25. The highest BCUT2D eigenvalue weighted by atomic mass is 32.2. The number of aryl methyl sites for hydroxylation is 1. The molecule has 2 rings (SSSR count). The van der Waals surface area contributed by atoms with E-state index in [9.17, 15) is 17.6 Å². The Balaban J connectivity index is 2.20. The summed E-state index contributed by atoms with van der Waals surface area (Å²) in [5.74, 6) is -0.514. The van der Waals surface area contributed by atoms with E-state index in [0.717, 1.165) is 19.2 Å². The van der Waals surface area contributed by atoms with Crippen LogP contribution in [-0.2, 0) is 14.8 Å². The second-order valence-electron chi connectivity index (χ2n) is 7.34. The molecular weight excluding hydrogens is 357 g/mol. The van der Waals surface area contributed by atoms with Crippen molar-refractivity contribution in [1.29, 1.82) is 0 Å². The first-order valence-corrected chi connectivity index (χ1v) is 10.3. The fraction of sp³-hybridized carbons (Fsp3) is 0.611. The van der Waals surface area contributed by atoms with Crippen molar-refractivity contribution >= 4 is 15.9 Å². The summed E-state index contributed by atoms with van der Waals surface area (Å²) in [6, 6.07) is 2.81. The van der Waals surface area contributed by atoms with Gasteiger partial charge in [-0.15, -0.1) is 0 Å². The molecule has 1 fully saturated rings. The van der Waals surface area contributed by atoms with Gasteiger partial charge in [0.1, 0.15) is 11.9 Å². The minimum absolute atomic E-state index is 0.0312. The van der Waals surface area contributed by atoms with Crippen LogP contribution in [0.3, 0.4) is 0 Å². The molecule has 0 spiro atoms. The molecule has 8 heteroatoms. The van der Waals surface area contributed by atoms with Crippen molar-refractivity contribution in [3.63, 3.8) is 0 Å². The highest BCUT2D eigenvalue weighted by Crippen LogP contribution is 2.17. The Bertz CT molecular complexity index is 744. The number of benzene rings is 1. The van der Waals surface area contributed by atoms with Crippen molar-refractivity contribution in [3.05, 3.63) is 29.6 Å². The average Bonchev–Trinajstić information content (AvgIpc) is 2.56. The smallest absolute Gasteiger partial charge is 0.241 e. The van der Waals surface area contributed by atoms with Crippen LogP contribution < -0.4 is 4.72 Å². The van der Waals surface area contributed by atoms with Gasteiger partial charge in [-0.25, -0.2) is 12.8 Å². The number of sulfonamides is 1. The number of hydrogen-bond acceptors (Lipinski definition) is 4. The summed E-state index contributed by atoms with van der Waals surface area (Å²) in [7, 11) is -1.92. The van der Waals surface area contributed by atoms with E-state index in [0.29, 0.717) is 19.5 Å². The van der Waals surface area contributed by atoms with Gasteiger partial charge in [0.2, 0.25) is 15.9 Å². The predicted molar refractivity (Wildman–Crippen MR) is 98.8 cm³/mol. The highest BCUT2D eigenvalue weighted by molar-refractivity contribution is 7.89. The van der Waals surface area contributed by atoms with Crippen molar-refractivity contribution < 1.29 is 17.6 Å². The zero-order valence-corrected chi connectivity index (χ0v) is 16.6. The normalized spacial score (nSPS) is 17.5. The minimum atomic E-state index is -3.91. The lowest BCUT2D eigenvalue weighted by molar-refractivity contribution is -0.135. The number of piperazine rings is 1. The van der Waals surface area contributed by atoms with E-state index in [1.165, 1.54) is 19.1 Å². The molecule has 1 aromatic carbocycles. The molecule has 1 aromatic rings. The maximum absolute atomic E-state index is 13.4. The van der Waals surface area contributed by atoms with E-state index < -0.39 is 21.9 Å². The minimum Gasteiger partial charge on any atom is -0.339 e. The zero-order valence-electron chi connectivity index (χ0n) is 15.8. The molecular formula is C18H28FN3O3S. The van der Waals surface area contributed by atoms with Crippen molar-refractivity contribution in [2.75, 3.05) is 33.2 Å². The van der Waals surface area contributed by atoms with Crippen LogP contribution >= 0.6 is 0 Å². The van der Waals surface area contributed by atoms with E-state index in [1.807, 2.05) is 20.9 Å².